The van der Waals surface area contributed by atoms with Gasteiger partial charge in [-0.1, -0.05) is 27.4 Å². The lowest BCUT2D eigenvalue weighted by atomic mass is 9.70. The molecule has 1 amide bonds. The van der Waals surface area contributed by atoms with Crippen LogP contribution in [0.25, 0.3) is 0 Å². The molecule has 0 spiro atoms. The molecule has 0 aromatic heterocycles. The zero-order chi connectivity index (χ0) is 15.0. The van der Waals surface area contributed by atoms with E-state index in [2.05, 4.69) is 27.4 Å². The Morgan fingerprint density at radius 3 is 2.60 bits per heavy atom. The zero-order valence-corrected chi connectivity index (χ0v) is 12.7. The topological polar surface area (TPSA) is 46.6 Å². The van der Waals surface area contributed by atoms with Crippen LogP contribution in [0.5, 0.6) is 0 Å². The predicted octanol–water partition coefficient (Wildman–Crippen LogP) is 2.74. The van der Waals surface area contributed by atoms with Crippen molar-refractivity contribution in [1.29, 1.82) is 0 Å². The van der Waals surface area contributed by atoms with Gasteiger partial charge in [0.05, 0.1) is 6.42 Å². The zero-order valence-electron chi connectivity index (χ0n) is 12.7. The maximum Gasteiger partial charge on any atom is 0.307 e. The van der Waals surface area contributed by atoms with E-state index in [-0.39, 0.29) is 29.3 Å². The minimum absolute atomic E-state index is 0.0252. The molecule has 2 bridgehead atoms. The molecule has 2 rings (SSSR count). The van der Waals surface area contributed by atoms with Crippen LogP contribution in [0.15, 0.2) is 12.8 Å². The highest BCUT2D eigenvalue weighted by Crippen LogP contribution is 2.66. The highest BCUT2D eigenvalue weighted by molar-refractivity contribution is 5.70. The molecule has 3 atom stereocenters. The molecule has 0 aromatic carbocycles. The van der Waals surface area contributed by atoms with E-state index in [1.807, 2.05) is 0 Å². The van der Waals surface area contributed by atoms with Crippen LogP contribution in [0.1, 0.15) is 46.5 Å². The number of carbonyl (C=O) groups is 2. The van der Waals surface area contributed by atoms with Crippen LogP contribution in [-0.4, -0.2) is 29.9 Å². The van der Waals surface area contributed by atoms with Gasteiger partial charge in [-0.15, -0.1) is 0 Å². The summed E-state index contributed by atoms with van der Waals surface area (Å²) in [4.78, 5) is 24.0. The fraction of sp³-hybridized carbons (Fsp3) is 0.750. The maximum absolute atomic E-state index is 12.0. The van der Waals surface area contributed by atoms with Gasteiger partial charge in [0.25, 0.3) is 0 Å². The van der Waals surface area contributed by atoms with Gasteiger partial charge in [-0.05, 0) is 36.8 Å². The SMILES string of the molecule is C=CN(C=O)CCC(=O)OC1CC2CCC1(C)C2(C)C. The Balaban J connectivity index is 1.90. The van der Waals surface area contributed by atoms with Gasteiger partial charge in [0.1, 0.15) is 6.10 Å². The van der Waals surface area contributed by atoms with E-state index in [1.165, 1.54) is 17.5 Å². The molecular weight excluding hydrogens is 254 g/mol. The van der Waals surface area contributed by atoms with Crippen molar-refractivity contribution in [2.45, 2.75) is 52.6 Å². The molecule has 0 aromatic rings. The van der Waals surface area contributed by atoms with Crippen molar-refractivity contribution in [2.75, 3.05) is 6.54 Å². The number of carbonyl (C=O) groups excluding carboxylic acids is 2. The molecule has 0 N–H and O–H groups in total. The first kappa shape index (κ1) is 15.1. The summed E-state index contributed by atoms with van der Waals surface area (Å²) in [6, 6.07) is 0. The summed E-state index contributed by atoms with van der Waals surface area (Å²) < 4.78 is 5.71. The highest BCUT2D eigenvalue weighted by Gasteiger charge is 2.62. The molecule has 112 valence electrons. The van der Waals surface area contributed by atoms with Crippen molar-refractivity contribution in [1.82, 2.24) is 4.90 Å². The minimum Gasteiger partial charge on any atom is -0.462 e. The molecule has 2 fully saturated rings. The van der Waals surface area contributed by atoms with E-state index in [1.54, 1.807) is 0 Å². The molecule has 20 heavy (non-hydrogen) atoms. The standard InChI is InChI=1S/C16H25NO3/c1-5-17(11-18)9-7-14(19)20-13-10-12-6-8-16(13,4)15(12,2)3/h5,11-13H,1,6-10H2,2-4H3. The van der Waals surface area contributed by atoms with E-state index >= 15 is 0 Å². The maximum atomic E-state index is 12.0. The van der Waals surface area contributed by atoms with Gasteiger partial charge >= 0.3 is 5.97 Å². The molecule has 3 unspecified atom stereocenters. The fourth-order valence-corrected chi connectivity index (χ4v) is 3.93. The van der Waals surface area contributed by atoms with Crippen LogP contribution < -0.4 is 0 Å². The van der Waals surface area contributed by atoms with E-state index < -0.39 is 0 Å². The first-order valence-corrected chi connectivity index (χ1v) is 7.38. The van der Waals surface area contributed by atoms with Crippen molar-refractivity contribution in [3.05, 3.63) is 12.8 Å². The smallest absolute Gasteiger partial charge is 0.307 e. The van der Waals surface area contributed by atoms with Gasteiger partial charge in [0.2, 0.25) is 6.41 Å². The van der Waals surface area contributed by atoms with Gasteiger partial charge in [-0.2, -0.15) is 0 Å². The number of hydrogen-bond donors (Lipinski definition) is 0. The van der Waals surface area contributed by atoms with Gasteiger partial charge < -0.3 is 9.64 Å². The predicted molar refractivity (Wildman–Crippen MR) is 76.7 cm³/mol. The van der Waals surface area contributed by atoms with Gasteiger partial charge in [0.15, 0.2) is 0 Å². The van der Waals surface area contributed by atoms with E-state index in [0.717, 1.165) is 12.8 Å². The number of amides is 1. The lowest BCUT2D eigenvalue weighted by Crippen LogP contribution is -2.38. The Bertz CT molecular complexity index is 410. The Morgan fingerprint density at radius 2 is 2.15 bits per heavy atom. The Hall–Kier alpha value is -1.32. The Kier molecular flexibility index (Phi) is 3.94. The molecule has 2 saturated carbocycles. The largest absolute Gasteiger partial charge is 0.462 e. The van der Waals surface area contributed by atoms with Crippen molar-refractivity contribution in [2.24, 2.45) is 16.7 Å². The van der Waals surface area contributed by atoms with Gasteiger partial charge in [-0.25, -0.2) is 0 Å². The molecule has 0 aliphatic heterocycles. The third kappa shape index (κ3) is 2.25. The average Bonchev–Trinajstić information content (AvgIpc) is 2.73. The number of ether oxygens (including phenoxy) is 1. The highest BCUT2D eigenvalue weighted by atomic mass is 16.5. The first-order chi connectivity index (χ1) is 9.35. The molecule has 2 aliphatic rings. The second kappa shape index (κ2) is 5.23. The van der Waals surface area contributed by atoms with Gasteiger partial charge in [0, 0.05) is 12.0 Å². The van der Waals surface area contributed by atoms with Crippen LogP contribution >= 0.6 is 0 Å². The minimum atomic E-state index is -0.215. The number of rotatable bonds is 6. The summed E-state index contributed by atoms with van der Waals surface area (Å²) >= 11 is 0. The lowest BCUT2D eigenvalue weighted by molar-refractivity contribution is -0.157. The first-order valence-electron chi connectivity index (χ1n) is 7.38. The number of fused-ring (bicyclic) bond motifs is 2. The summed E-state index contributed by atoms with van der Waals surface area (Å²) in [5.74, 6) is 0.443. The number of esters is 1. The average molecular weight is 279 g/mol. The van der Waals surface area contributed by atoms with Crippen molar-refractivity contribution >= 4 is 12.4 Å². The summed E-state index contributed by atoms with van der Waals surface area (Å²) in [5.41, 5.74) is 0.337. The summed E-state index contributed by atoms with van der Waals surface area (Å²) in [7, 11) is 0. The Morgan fingerprint density at radius 1 is 1.45 bits per heavy atom. The molecule has 0 saturated heterocycles. The number of nitrogens with zero attached hydrogens (tertiary/aromatic N) is 1. The van der Waals surface area contributed by atoms with Crippen LogP contribution in [-0.2, 0) is 14.3 Å². The van der Waals surface area contributed by atoms with Gasteiger partial charge in [-0.3, -0.25) is 9.59 Å². The molecule has 2 aliphatic carbocycles. The van der Waals surface area contributed by atoms with Crippen LogP contribution in [0.3, 0.4) is 0 Å². The molecule has 0 radical (unpaired) electrons. The summed E-state index contributed by atoms with van der Waals surface area (Å²) in [6.07, 6.45) is 5.70. The lowest BCUT2D eigenvalue weighted by Gasteiger charge is -2.38. The van der Waals surface area contributed by atoms with Crippen LogP contribution in [0.4, 0.5) is 0 Å². The van der Waals surface area contributed by atoms with E-state index in [4.69, 9.17) is 4.74 Å². The number of hydrogen-bond acceptors (Lipinski definition) is 3. The van der Waals surface area contributed by atoms with Crippen molar-refractivity contribution in [3.63, 3.8) is 0 Å². The van der Waals surface area contributed by atoms with Crippen molar-refractivity contribution < 1.29 is 14.3 Å². The summed E-state index contributed by atoms with van der Waals surface area (Å²) in [6.45, 7) is 10.7. The van der Waals surface area contributed by atoms with Crippen LogP contribution in [0, 0.1) is 16.7 Å². The normalized spacial score (nSPS) is 33.8. The molecule has 4 heteroatoms. The van der Waals surface area contributed by atoms with E-state index in [9.17, 15) is 9.59 Å². The second-order valence-corrected chi connectivity index (χ2v) is 6.86. The third-order valence-corrected chi connectivity index (χ3v) is 5.93. The quantitative estimate of drug-likeness (QED) is 0.555. The fourth-order valence-electron chi connectivity index (χ4n) is 3.93. The second-order valence-electron chi connectivity index (χ2n) is 6.86. The van der Waals surface area contributed by atoms with E-state index in [0.29, 0.717) is 18.9 Å². The Labute approximate surface area is 121 Å². The summed E-state index contributed by atoms with van der Waals surface area (Å²) in [5, 5.41) is 0. The van der Waals surface area contributed by atoms with Crippen LogP contribution in [0.2, 0.25) is 0 Å². The monoisotopic (exact) mass is 279 g/mol. The molecule has 0 heterocycles. The molecular formula is C16H25NO3. The van der Waals surface area contributed by atoms with Crippen molar-refractivity contribution in [3.8, 4) is 0 Å². The third-order valence-electron chi connectivity index (χ3n) is 5.93. The molecule has 4 nitrogen and oxygen atoms in total.